The quantitative estimate of drug-likeness (QED) is 0.908. The van der Waals surface area contributed by atoms with Gasteiger partial charge in [0, 0.05) is 37.4 Å². The fraction of sp³-hybridized carbons (Fsp3) is 0.562. The molecule has 2 N–H and O–H groups in total. The van der Waals surface area contributed by atoms with E-state index in [1.807, 2.05) is 29.2 Å². The number of ether oxygens (including phenoxy) is 1. The molecular weight excluding hydrogens is 288 g/mol. The van der Waals surface area contributed by atoms with Crippen molar-refractivity contribution in [3.05, 3.63) is 34.9 Å². The van der Waals surface area contributed by atoms with Crippen molar-refractivity contribution in [3.63, 3.8) is 0 Å². The van der Waals surface area contributed by atoms with Crippen LogP contribution < -0.4 is 5.73 Å². The Balaban J connectivity index is 1.92. The van der Waals surface area contributed by atoms with Crippen LogP contribution in [0.5, 0.6) is 0 Å². The molecule has 0 radical (unpaired) electrons. The van der Waals surface area contributed by atoms with Gasteiger partial charge in [-0.3, -0.25) is 4.79 Å². The Morgan fingerprint density at radius 1 is 1.29 bits per heavy atom. The average molecular weight is 309 g/mol. The Kier molecular flexibility index (Phi) is 4.20. The molecule has 1 amide bonds. The molecule has 2 fully saturated rings. The molecule has 2 aliphatic heterocycles. The number of likely N-dealkylation sites (tertiary alicyclic amines) is 1. The van der Waals surface area contributed by atoms with Crippen LogP contribution in [-0.4, -0.2) is 43.2 Å². The molecular formula is C16H21ClN2O2. The van der Waals surface area contributed by atoms with Crippen LogP contribution in [0.3, 0.4) is 0 Å². The molecule has 0 aromatic heterocycles. The molecule has 0 unspecified atom stereocenters. The number of hydrogen-bond donors (Lipinski definition) is 1. The summed E-state index contributed by atoms with van der Waals surface area (Å²) in [6.45, 7) is 2.66. The first kappa shape index (κ1) is 14.8. The number of nitrogens with two attached hydrogens (primary N) is 1. The molecule has 0 spiro atoms. The molecule has 3 rings (SSSR count). The van der Waals surface area contributed by atoms with Crippen LogP contribution in [0, 0.1) is 0 Å². The van der Waals surface area contributed by atoms with Crippen molar-refractivity contribution in [2.45, 2.75) is 30.7 Å². The molecule has 0 bridgehead atoms. The number of hydrogen-bond acceptors (Lipinski definition) is 3. The molecule has 2 aliphatic rings. The lowest BCUT2D eigenvalue weighted by Crippen LogP contribution is -2.49. The molecule has 0 saturated carbocycles. The summed E-state index contributed by atoms with van der Waals surface area (Å²) in [5.41, 5.74) is 6.52. The molecule has 114 valence electrons. The van der Waals surface area contributed by atoms with Crippen LogP contribution in [0.4, 0.5) is 0 Å². The molecule has 0 aliphatic carbocycles. The van der Waals surface area contributed by atoms with Crippen LogP contribution in [0.15, 0.2) is 24.3 Å². The Morgan fingerprint density at radius 3 is 2.52 bits per heavy atom. The normalized spacial score (nSPS) is 25.0. The van der Waals surface area contributed by atoms with Crippen molar-refractivity contribution >= 4 is 17.5 Å². The van der Waals surface area contributed by atoms with Gasteiger partial charge < -0.3 is 15.4 Å². The minimum Gasteiger partial charge on any atom is -0.381 e. The SMILES string of the molecule is N[C@H]1CCN(C(=O)C2(c3ccc(Cl)cc3)CCOCC2)C1. The number of amides is 1. The van der Waals surface area contributed by atoms with E-state index in [0.29, 0.717) is 24.8 Å². The highest BCUT2D eigenvalue weighted by molar-refractivity contribution is 6.30. The van der Waals surface area contributed by atoms with Crippen LogP contribution in [0.2, 0.25) is 5.02 Å². The first-order chi connectivity index (χ1) is 10.1. The van der Waals surface area contributed by atoms with Gasteiger partial charge in [0.15, 0.2) is 0 Å². The van der Waals surface area contributed by atoms with Crippen LogP contribution >= 0.6 is 11.6 Å². The number of carbonyl (C=O) groups excluding carboxylic acids is 1. The van der Waals surface area contributed by atoms with Gasteiger partial charge in [-0.25, -0.2) is 0 Å². The predicted octanol–water partition coefficient (Wildman–Crippen LogP) is 1.95. The van der Waals surface area contributed by atoms with Crippen molar-refractivity contribution in [2.75, 3.05) is 26.3 Å². The Hall–Kier alpha value is -1.10. The molecule has 1 atom stereocenters. The first-order valence-corrected chi connectivity index (χ1v) is 7.88. The van der Waals surface area contributed by atoms with E-state index in [4.69, 9.17) is 22.1 Å². The zero-order valence-electron chi connectivity index (χ0n) is 12.1. The van der Waals surface area contributed by atoms with Crippen molar-refractivity contribution in [1.29, 1.82) is 0 Å². The highest BCUT2D eigenvalue weighted by atomic mass is 35.5. The van der Waals surface area contributed by atoms with Gasteiger partial charge in [0.25, 0.3) is 0 Å². The Labute approximate surface area is 130 Å². The van der Waals surface area contributed by atoms with E-state index in [1.54, 1.807) is 0 Å². The van der Waals surface area contributed by atoms with Gasteiger partial charge in [0.05, 0.1) is 5.41 Å². The maximum Gasteiger partial charge on any atom is 0.233 e. The summed E-state index contributed by atoms with van der Waals surface area (Å²) in [6.07, 6.45) is 2.33. The molecule has 21 heavy (non-hydrogen) atoms. The number of nitrogens with zero attached hydrogens (tertiary/aromatic N) is 1. The van der Waals surface area contributed by atoms with Crippen molar-refractivity contribution < 1.29 is 9.53 Å². The maximum absolute atomic E-state index is 13.1. The van der Waals surface area contributed by atoms with Gasteiger partial charge in [-0.1, -0.05) is 23.7 Å². The third-order valence-electron chi connectivity index (χ3n) is 4.66. The van der Waals surface area contributed by atoms with Gasteiger partial charge in [0.2, 0.25) is 5.91 Å². The monoisotopic (exact) mass is 308 g/mol. The second kappa shape index (κ2) is 5.95. The minimum absolute atomic E-state index is 0.107. The van der Waals surface area contributed by atoms with Gasteiger partial charge in [-0.2, -0.15) is 0 Å². The summed E-state index contributed by atoms with van der Waals surface area (Å²) in [6, 6.07) is 7.77. The summed E-state index contributed by atoms with van der Waals surface area (Å²) in [4.78, 5) is 15.1. The largest absolute Gasteiger partial charge is 0.381 e. The van der Waals surface area contributed by atoms with Crippen molar-refractivity contribution in [2.24, 2.45) is 5.73 Å². The second-order valence-corrected chi connectivity index (χ2v) is 6.44. The molecule has 1 aromatic rings. The summed E-state index contributed by atoms with van der Waals surface area (Å²) in [5.74, 6) is 0.195. The van der Waals surface area contributed by atoms with Crippen LogP contribution in [-0.2, 0) is 14.9 Å². The summed E-state index contributed by atoms with van der Waals surface area (Å²) in [7, 11) is 0. The number of halogens is 1. The number of rotatable bonds is 2. The lowest BCUT2D eigenvalue weighted by atomic mass is 9.73. The standard InChI is InChI=1S/C16H21ClN2O2/c17-13-3-1-12(2-4-13)16(6-9-21-10-7-16)15(20)19-8-5-14(18)11-19/h1-4,14H,5-11,18H2/t14-/m0/s1. The van der Waals surface area contributed by atoms with Crippen LogP contribution in [0.1, 0.15) is 24.8 Å². The van der Waals surface area contributed by atoms with E-state index in [9.17, 15) is 4.79 Å². The summed E-state index contributed by atoms with van der Waals surface area (Å²) >= 11 is 5.99. The number of carbonyl (C=O) groups is 1. The molecule has 4 nitrogen and oxygen atoms in total. The van der Waals surface area contributed by atoms with E-state index in [0.717, 1.165) is 31.4 Å². The average Bonchev–Trinajstić information content (AvgIpc) is 2.94. The minimum atomic E-state index is -0.479. The highest BCUT2D eigenvalue weighted by Crippen LogP contribution is 2.38. The van der Waals surface area contributed by atoms with E-state index in [2.05, 4.69) is 0 Å². The predicted molar refractivity (Wildman–Crippen MR) is 82.4 cm³/mol. The van der Waals surface area contributed by atoms with Crippen LogP contribution in [0.25, 0.3) is 0 Å². The van der Waals surface area contributed by atoms with E-state index in [1.165, 1.54) is 0 Å². The topological polar surface area (TPSA) is 55.6 Å². The molecule has 2 heterocycles. The number of benzene rings is 1. The van der Waals surface area contributed by atoms with Gasteiger partial charge in [-0.05, 0) is 37.0 Å². The molecule has 1 aromatic carbocycles. The summed E-state index contributed by atoms with van der Waals surface area (Å²) < 4.78 is 5.48. The second-order valence-electron chi connectivity index (χ2n) is 6.00. The van der Waals surface area contributed by atoms with Crippen molar-refractivity contribution in [1.82, 2.24) is 4.90 Å². The Bertz CT molecular complexity index is 512. The zero-order chi connectivity index (χ0) is 14.9. The lowest BCUT2D eigenvalue weighted by molar-refractivity contribution is -0.140. The van der Waals surface area contributed by atoms with E-state index in [-0.39, 0.29) is 11.9 Å². The lowest BCUT2D eigenvalue weighted by Gasteiger charge is -2.39. The highest BCUT2D eigenvalue weighted by Gasteiger charge is 2.45. The Morgan fingerprint density at radius 2 is 1.95 bits per heavy atom. The third-order valence-corrected chi connectivity index (χ3v) is 4.92. The fourth-order valence-corrected chi connectivity index (χ4v) is 3.52. The van der Waals surface area contributed by atoms with E-state index < -0.39 is 5.41 Å². The van der Waals surface area contributed by atoms with Crippen molar-refractivity contribution in [3.8, 4) is 0 Å². The van der Waals surface area contributed by atoms with Gasteiger partial charge >= 0.3 is 0 Å². The maximum atomic E-state index is 13.1. The van der Waals surface area contributed by atoms with Gasteiger partial charge in [0.1, 0.15) is 0 Å². The molecule has 2 saturated heterocycles. The zero-order valence-corrected chi connectivity index (χ0v) is 12.8. The fourth-order valence-electron chi connectivity index (χ4n) is 3.39. The van der Waals surface area contributed by atoms with E-state index >= 15 is 0 Å². The van der Waals surface area contributed by atoms with Gasteiger partial charge in [-0.15, -0.1) is 0 Å². The smallest absolute Gasteiger partial charge is 0.233 e. The first-order valence-electron chi connectivity index (χ1n) is 7.50. The molecule has 5 heteroatoms. The summed E-state index contributed by atoms with van der Waals surface area (Å²) in [5, 5.41) is 0.691. The third kappa shape index (κ3) is 2.80.